The Kier molecular flexibility index (Phi) is 5.04. The van der Waals surface area contributed by atoms with E-state index in [9.17, 15) is 4.79 Å². The van der Waals surface area contributed by atoms with Crippen LogP contribution in [-0.4, -0.2) is 67.1 Å². The molecule has 0 spiro atoms. The molecule has 3 N–H and O–H groups in total. The molecule has 0 aromatic rings. The van der Waals surface area contributed by atoms with Crippen molar-refractivity contribution in [1.82, 2.24) is 15.1 Å². The Morgan fingerprint density at radius 3 is 2.65 bits per heavy atom. The Morgan fingerprint density at radius 1 is 1.40 bits per heavy atom. The van der Waals surface area contributed by atoms with Crippen LogP contribution in [-0.2, 0) is 4.79 Å². The van der Waals surface area contributed by atoms with Gasteiger partial charge in [0.1, 0.15) is 5.54 Å². The number of rotatable bonds is 6. The Labute approximate surface area is 122 Å². The number of amides is 1. The van der Waals surface area contributed by atoms with Crippen LogP contribution >= 0.6 is 0 Å². The van der Waals surface area contributed by atoms with Crippen LogP contribution in [0.4, 0.5) is 0 Å². The summed E-state index contributed by atoms with van der Waals surface area (Å²) in [6, 6.07) is 0.471. The van der Waals surface area contributed by atoms with E-state index in [0.717, 1.165) is 52.0 Å². The summed E-state index contributed by atoms with van der Waals surface area (Å²) in [4.78, 5) is 17.0. The zero-order chi connectivity index (χ0) is 14.8. The maximum absolute atomic E-state index is 12.1. The van der Waals surface area contributed by atoms with Crippen LogP contribution in [0.25, 0.3) is 0 Å². The number of likely N-dealkylation sites (N-methyl/N-ethyl adjacent to an activating group) is 2. The minimum atomic E-state index is -0.522. The Morgan fingerprint density at radius 2 is 2.10 bits per heavy atom. The van der Waals surface area contributed by atoms with Gasteiger partial charge >= 0.3 is 0 Å². The molecule has 2 atom stereocenters. The van der Waals surface area contributed by atoms with Gasteiger partial charge in [0.05, 0.1) is 0 Å². The summed E-state index contributed by atoms with van der Waals surface area (Å²) < 4.78 is 0. The summed E-state index contributed by atoms with van der Waals surface area (Å²) in [5.41, 5.74) is 5.27. The number of nitrogens with two attached hydrogens (primary N) is 1. The summed E-state index contributed by atoms with van der Waals surface area (Å²) >= 11 is 0. The SMILES string of the molecule is CCNC(CN1CCCN(C)CC1C)(C(N)=O)C1CC1. The average molecular weight is 282 g/mol. The van der Waals surface area contributed by atoms with Crippen LogP contribution in [0, 0.1) is 5.92 Å². The Balaban J connectivity index is 2.11. The summed E-state index contributed by atoms with van der Waals surface area (Å²) in [6.07, 6.45) is 3.41. The number of hydrogen-bond donors (Lipinski definition) is 2. The van der Waals surface area contributed by atoms with Crippen LogP contribution < -0.4 is 11.1 Å². The Hall–Kier alpha value is -0.650. The van der Waals surface area contributed by atoms with E-state index in [1.807, 2.05) is 0 Å². The monoisotopic (exact) mass is 282 g/mol. The van der Waals surface area contributed by atoms with E-state index in [4.69, 9.17) is 5.73 Å². The van der Waals surface area contributed by atoms with Crippen LogP contribution in [0.15, 0.2) is 0 Å². The van der Waals surface area contributed by atoms with Crippen LogP contribution in [0.3, 0.4) is 0 Å². The van der Waals surface area contributed by atoms with Gasteiger partial charge in [0.15, 0.2) is 0 Å². The summed E-state index contributed by atoms with van der Waals surface area (Å²) in [5, 5.41) is 3.43. The molecule has 0 aromatic heterocycles. The first-order valence-corrected chi connectivity index (χ1v) is 7.97. The lowest BCUT2D eigenvalue weighted by molar-refractivity contribution is -0.126. The molecule has 0 radical (unpaired) electrons. The molecule has 0 aromatic carbocycles. The van der Waals surface area contributed by atoms with Gasteiger partial charge in [0.25, 0.3) is 0 Å². The van der Waals surface area contributed by atoms with Crippen molar-refractivity contribution >= 4 is 5.91 Å². The van der Waals surface area contributed by atoms with Gasteiger partial charge in [0, 0.05) is 19.1 Å². The predicted octanol–water partition coefficient (Wildman–Crippen LogP) is 0.256. The molecule has 2 fully saturated rings. The fourth-order valence-electron chi connectivity index (χ4n) is 3.56. The maximum Gasteiger partial charge on any atom is 0.239 e. The number of nitrogens with one attached hydrogen (secondary N) is 1. The number of hydrogen-bond acceptors (Lipinski definition) is 4. The lowest BCUT2D eigenvalue weighted by Gasteiger charge is -2.39. The normalized spacial score (nSPS) is 28.9. The topological polar surface area (TPSA) is 61.6 Å². The van der Waals surface area contributed by atoms with E-state index < -0.39 is 5.54 Å². The molecule has 20 heavy (non-hydrogen) atoms. The van der Waals surface area contributed by atoms with E-state index in [0.29, 0.717) is 12.0 Å². The molecule has 5 nitrogen and oxygen atoms in total. The molecule has 116 valence electrons. The second-order valence-electron chi connectivity index (χ2n) is 6.58. The van der Waals surface area contributed by atoms with Crippen molar-refractivity contribution in [3.05, 3.63) is 0 Å². The van der Waals surface area contributed by atoms with Crippen LogP contribution in [0.2, 0.25) is 0 Å². The first-order chi connectivity index (χ1) is 9.49. The quantitative estimate of drug-likeness (QED) is 0.733. The van der Waals surface area contributed by atoms with Crippen molar-refractivity contribution in [2.75, 3.05) is 39.8 Å². The van der Waals surface area contributed by atoms with Gasteiger partial charge in [-0.15, -0.1) is 0 Å². The van der Waals surface area contributed by atoms with E-state index >= 15 is 0 Å². The second kappa shape index (κ2) is 6.41. The Bertz CT molecular complexity index is 345. The number of primary amides is 1. The molecule has 1 aliphatic heterocycles. The second-order valence-corrected chi connectivity index (χ2v) is 6.58. The number of carbonyl (C=O) groups is 1. The first-order valence-electron chi connectivity index (χ1n) is 7.97. The fourth-order valence-corrected chi connectivity index (χ4v) is 3.56. The molecule has 2 unspecified atom stereocenters. The minimum absolute atomic E-state index is 0.174. The molecule has 2 aliphatic rings. The van der Waals surface area contributed by atoms with Crippen molar-refractivity contribution in [1.29, 1.82) is 0 Å². The van der Waals surface area contributed by atoms with Crippen LogP contribution in [0.5, 0.6) is 0 Å². The third-order valence-corrected chi connectivity index (χ3v) is 4.84. The number of carbonyl (C=O) groups excluding carboxylic acids is 1. The van der Waals surface area contributed by atoms with Gasteiger partial charge in [-0.1, -0.05) is 6.92 Å². The van der Waals surface area contributed by atoms with E-state index in [-0.39, 0.29) is 5.91 Å². The van der Waals surface area contributed by atoms with E-state index in [2.05, 4.69) is 36.0 Å². The van der Waals surface area contributed by atoms with E-state index in [1.165, 1.54) is 0 Å². The van der Waals surface area contributed by atoms with Crippen molar-refractivity contribution in [3.63, 3.8) is 0 Å². The first kappa shape index (κ1) is 15.7. The largest absolute Gasteiger partial charge is 0.368 e. The van der Waals surface area contributed by atoms with Gasteiger partial charge in [-0.2, -0.15) is 0 Å². The standard InChI is InChI=1S/C15H30N4O/c1-4-17-15(14(16)20,13-6-7-13)11-19-9-5-8-18(3)10-12(19)2/h12-13,17H,4-11H2,1-3H3,(H2,16,20). The number of nitrogens with zero attached hydrogens (tertiary/aromatic N) is 2. The molecule has 5 heteroatoms. The fraction of sp³-hybridized carbons (Fsp3) is 0.933. The molecule has 1 heterocycles. The maximum atomic E-state index is 12.1. The van der Waals surface area contributed by atoms with Gasteiger partial charge in [0.2, 0.25) is 5.91 Å². The lowest BCUT2D eigenvalue weighted by atomic mass is 9.90. The molecular formula is C15H30N4O. The van der Waals surface area contributed by atoms with Crippen LogP contribution in [0.1, 0.15) is 33.1 Å². The molecule has 0 bridgehead atoms. The van der Waals surface area contributed by atoms with Gasteiger partial charge in [-0.25, -0.2) is 0 Å². The lowest BCUT2D eigenvalue weighted by Crippen LogP contribution is -2.64. The molecular weight excluding hydrogens is 252 g/mol. The van der Waals surface area contributed by atoms with Crippen molar-refractivity contribution < 1.29 is 4.79 Å². The predicted molar refractivity (Wildman–Crippen MR) is 81.5 cm³/mol. The van der Waals surface area contributed by atoms with E-state index in [1.54, 1.807) is 0 Å². The third kappa shape index (κ3) is 3.32. The molecule has 1 amide bonds. The summed E-state index contributed by atoms with van der Waals surface area (Å²) in [5.74, 6) is 0.250. The van der Waals surface area contributed by atoms with Gasteiger partial charge in [-0.3, -0.25) is 9.69 Å². The highest BCUT2D eigenvalue weighted by atomic mass is 16.1. The highest BCUT2D eigenvalue weighted by Gasteiger charge is 2.50. The summed E-state index contributed by atoms with van der Waals surface area (Å²) in [7, 11) is 2.17. The highest BCUT2D eigenvalue weighted by Crippen LogP contribution is 2.40. The van der Waals surface area contributed by atoms with Gasteiger partial charge < -0.3 is 16.0 Å². The average Bonchev–Trinajstić information content (AvgIpc) is 3.19. The zero-order valence-electron chi connectivity index (χ0n) is 13.2. The van der Waals surface area contributed by atoms with Crippen molar-refractivity contribution in [3.8, 4) is 0 Å². The smallest absolute Gasteiger partial charge is 0.239 e. The van der Waals surface area contributed by atoms with Crippen molar-refractivity contribution in [2.24, 2.45) is 11.7 Å². The molecule has 2 rings (SSSR count). The van der Waals surface area contributed by atoms with Crippen molar-refractivity contribution in [2.45, 2.75) is 44.7 Å². The minimum Gasteiger partial charge on any atom is -0.368 e. The zero-order valence-corrected chi connectivity index (χ0v) is 13.2. The summed E-state index contributed by atoms with van der Waals surface area (Å²) in [6.45, 7) is 9.11. The molecule has 1 aliphatic carbocycles. The third-order valence-electron chi connectivity index (χ3n) is 4.84. The highest BCUT2D eigenvalue weighted by molar-refractivity contribution is 5.86. The molecule has 1 saturated heterocycles. The molecule has 1 saturated carbocycles. The van der Waals surface area contributed by atoms with Gasteiger partial charge in [-0.05, 0) is 58.8 Å².